The molecule has 0 aliphatic carbocycles. The van der Waals surface area contributed by atoms with Gasteiger partial charge in [0.05, 0.1) is 13.2 Å². The molecule has 0 saturated carbocycles. The number of amides is 1. The van der Waals surface area contributed by atoms with Crippen LogP contribution in [-0.2, 0) is 20.7 Å². The number of aryl methyl sites for hydroxylation is 1. The van der Waals surface area contributed by atoms with Gasteiger partial charge >= 0.3 is 0 Å². The molecule has 1 heterocycles. The predicted octanol–water partition coefficient (Wildman–Crippen LogP) is 1.99. The highest BCUT2D eigenvalue weighted by Crippen LogP contribution is 2.28. The van der Waals surface area contributed by atoms with Crippen molar-refractivity contribution in [1.82, 2.24) is 0 Å². The normalized spacial score (nSPS) is 14.9. The van der Waals surface area contributed by atoms with Gasteiger partial charge in [0.15, 0.2) is 0 Å². The molecular formula is C16H24N2O3. The Hall–Kier alpha value is -1.59. The molecular weight excluding hydrogens is 268 g/mol. The van der Waals surface area contributed by atoms with E-state index in [9.17, 15) is 4.79 Å². The number of carbonyl (C=O) groups excluding carboxylic acids is 1. The third kappa shape index (κ3) is 4.44. The largest absolute Gasteiger partial charge is 0.399 e. The lowest BCUT2D eigenvalue weighted by atomic mass is 10.1. The highest BCUT2D eigenvalue weighted by atomic mass is 16.5. The fourth-order valence-electron chi connectivity index (χ4n) is 2.58. The van der Waals surface area contributed by atoms with Crippen LogP contribution in [0.2, 0.25) is 0 Å². The summed E-state index contributed by atoms with van der Waals surface area (Å²) < 4.78 is 10.4. The summed E-state index contributed by atoms with van der Waals surface area (Å²) in [6.45, 7) is 2.52. The van der Waals surface area contributed by atoms with Crippen LogP contribution in [0.1, 0.15) is 24.8 Å². The van der Waals surface area contributed by atoms with Gasteiger partial charge in [-0.25, -0.2) is 0 Å². The molecule has 5 heteroatoms. The van der Waals surface area contributed by atoms with Crippen molar-refractivity contribution < 1.29 is 14.3 Å². The molecule has 5 nitrogen and oxygen atoms in total. The first-order chi connectivity index (χ1) is 10.2. The molecule has 1 aromatic carbocycles. The summed E-state index contributed by atoms with van der Waals surface area (Å²) >= 11 is 0. The van der Waals surface area contributed by atoms with Crippen molar-refractivity contribution in [3.8, 4) is 0 Å². The van der Waals surface area contributed by atoms with Crippen molar-refractivity contribution in [2.75, 3.05) is 44.1 Å². The highest BCUT2D eigenvalue weighted by Gasteiger charge is 2.21. The van der Waals surface area contributed by atoms with Gasteiger partial charge in [-0.1, -0.05) is 0 Å². The molecule has 2 rings (SSSR count). The summed E-state index contributed by atoms with van der Waals surface area (Å²) in [4.78, 5) is 14.1. The average Bonchev–Trinajstić information content (AvgIpc) is 2.61. The summed E-state index contributed by atoms with van der Waals surface area (Å²) in [5.41, 5.74) is 8.77. The lowest BCUT2D eigenvalue weighted by Gasteiger charge is -2.23. The van der Waals surface area contributed by atoms with Crippen LogP contribution in [0, 0.1) is 0 Å². The van der Waals surface area contributed by atoms with Crippen LogP contribution in [0.25, 0.3) is 0 Å². The van der Waals surface area contributed by atoms with Crippen LogP contribution >= 0.6 is 0 Å². The topological polar surface area (TPSA) is 64.8 Å². The van der Waals surface area contributed by atoms with E-state index in [2.05, 4.69) is 0 Å². The van der Waals surface area contributed by atoms with E-state index in [1.165, 1.54) is 5.56 Å². The van der Waals surface area contributed by atoms with E-state index in [-0.39, 0.29) is 5.91 Å². The minimum atomic E-state index is 0.190. The molecule has 0 saturated heterocycles. The minimum Gasteiger partial charge on any atom is -0.399 e. The summed E-state index contributed by atoms with van der Waals surface area (Å²) in [6, 6.07) is 5.80. The number of methoxy groups -OCH3 is 1. The third-order valence-electron chi connectivity index (χ3n) is 3.63. The number of hydrogen-bond donors (Lipinski definition) is 1. The molecule has 1 aromatic rings. The minimum absolute atomic E-state index is 0.190. The number of hydrogen-bond acceptors (Lipinski definition) is 4. The smallest absolute Gasteiger partial charge is 0.226 e. The number of fused-ring (bicyclic) bond motifs is 1. The SMILES string of the molecule is COCCOCCCN1C(=O)CCCc2cc(N)ccc21. The second kappa shape index (κ2) is 8.00. The van der Waals surface area contributed by atoms with E-state index < -0.39 is 0 Å². The van der Waals surface area contributed by atoms with Crippen molar-refractivity contribution >= 4 is 17.3 Å². The zero-order valence-electron chi connectivity index (χ0n) is 12.6. The number of benzene rings is 1. The van der Waals surface area contributed by atoms with E-state index in [1.807, 2.05) is 23.1 Å². The van der Waals surface area contributed by atoms with Crippen molar-refractivity contribution in [3.63, 3.8) is 0 Å². The number of nitrogen functional groups attached to an aromatic ring is 1. The molecule has 0 radical (unpaired) electrons. The van der Waals surface area contributed by atoms with Gasteiger partial charge in [-0.05, 0) is 43.0 Å². The third-order valence-corrected chi connectivity index (χ3v) is 3.63. The standard InChI is InChI=1S/C16H24N2O3/c1-20-10-11-21-9-3-8-18-15-7-6-14(17)12-13(15)4-2-5-16(18)19/h6-7,12H,2-5,8-11,17H2,1H3. The Morgan fingerprint density at radius 3 is 2.90 bits per heavy atom. The van der Waals surface area contributed by atoms with Crippen LogP contribution in [0.4, 0.5) is 11.4 Å². The molecule has 1 aliphatic rings. The Morgan fingerprint density at radius 2 is 2.10 bits per heavy atom. The Labute approximate surface area is 126 Å². The van der Waals surface area contributed by atoms with Crippen LogP contribution in [0.15, 0.2) is 18.2 Å². The maximum atomic E-state index is 12.3. The van der Waals surface area contributed by atoms with E-state index >= 15 is 0 Å². The van der Waals surface area contributed by atoms with Gasteiger partial charge in [-0.15, -0.1) is 0 Å². The Kier molecular flexibility index (Phi) is 6.02. The van der Waals surface area contributed by atoms with Crippen LogP contribution in [-0.4, -0.2) is 39.4 Å². The number of nitrogens with zero attached hydrogens (tertiary/aromatic N) is 1. The second-order valence-electron chi connectivity index (χ2n) is 5.25. The molecule has 0 spiro atoms. The lowest BCUT2D eigenvalue weighted by molar-refractivity contribution is -0.118. The molecule has 1 aliphatic heterocycles. The average molecular weight is 292 g/mol. The first kappa shape index (κ1) is 15.8. The van der Waals surface area contributed by atoms with E-state index in [0.29, 0.717) is 32.8 Å². The van der Waals surface area contributed by atoms with Gasteiger partial charge in [0, 0.05) is 38.1 Å². The van der Waals surface area contributed by atoms with Gasteiger partial charge in [0.25, 0.3) is 0 Å². The van der Waals surface area contributed by atoms with Crippen LogP contribution in [0.5, 0.6) is 0 Å². The summed E-state index contributed by atoms with van der Waals surface area (Å²) in [5.74, 6) is 0.190. The quantitative estimate of drug-likeness (QED) is 0.616. The van der Waals surface area contributed by atoms with Crippen molar-refractivity contribution in [2.24, 2.45) is 0 Å². The number of anilines is 2. The second-order valence-corrected chi connectivity index (χ2v) is 5.25. The Bertz CT molecular complexity index is 477. The maximum Gasteiger partial charge on any atom is 0.226 e. The molecule has 116 valence electrons. The van der Waals surface area contributed by atoms with E-state index in [4.69, 9.17) is 15.2 Å². The molecule has 0 atom stereocenters. The van der Waals surface area contributed by atoms with E-state index in [1.54, 1.807) is 7.11 Å². The van der Waals surface area contributed by atoms with Gasteiger partial charge in [0.1, 0.15) is 0 Å². The monoisotopic (exact) mass is 292 g/mol. The van der Waals surface area contributed by atoms with Crippen molar-refractivity contribution in [1.29, 1.82) is 0 Å². The zero-order chi connectivity index (χ0) is 15.1. The van der Waals surface area contributed by atoms with Gasteiger partial charge in [0.2, 0.25) is 5.91 Å². The van der Waals surface area contributed by atoms with Gasteiger partial charge in [-0.2, -0.15) is 0 Å². The number of rotatable bonds is 7. The molecule has 0 bridgehead atoms. The first-order valence-electron chi connectivity index (χ1n) is 7.48. The number of nitrogens with two attached hydrogens (primary N) is 1. The Morgan fingerprint density at radius 1 is 1.24 bits per heavy atom. The maximum absolute atomic E-state index is 12.3. The molecule has 0 fully saturated rings. The van der Waals surface area contributed by atoms with Crippen molar-refractivity contribution in [2.45, 2.75) is 25.7 Å². The highest BCUT2D eigenvalue weighted by molar-refractivity contribution is 5.95. The molecule has 2 N–H and O–H groups in total. The fourth-order valence-corrected chi connectivity index (χ4v) is 2.58. The van der Waals surface area contributed by atoms with Gasteiger partial charge in [-0.3, -0.25) is 4.79 Å². The van der Waals surface area contributed by atoms with Crippen LogP contribution < -0.4 is 10.6 Å². The number of carbonyl (C=O) groups is 1. The molecule has 1 amide bonds. The van der Waals surface area contributed by atoms with Crippen LogP contribution in [0.3, 0.4) is 0 Å². The zero-order valence-corrected chi connectivity index (χ0v) is 12.6. The van der Waals surface area contributed by atoms with E-state index in [0.717, 1.165) is 30.6 Å². The molecule has 0 aromatic heterocycles. The summed E-state index contributed by atoms with van der Waals surface area (Å²) in [7, 11) is 1.65. The van der Waals surface area contributed by atoms with Crippen molar-refractivity contribution in [3.05, 3.63) is 23.8 Å². The summed E-state index contributed by atoms with van der Waals surface area (Å²) in [5, 5.41) is 0. The molecule has 21 heavy (non-hydrogen) atoms. The lowest BCUT2D eigenvalue weighted by Crippen LogP contribution is -2.31. The fraction of sp³-hybridized carbons (Fsp3) is 0.562. The first-order valence-corrected chi connectivity index (χ1v) is 7.48. The number of ether oxygens (including phenoxy) is 2. The predicted molar refractivity (Wildman–Crippen MR) is 83.5 cm³/mol. The summed E-state index contributed by atoms with van der Waals surface area (Å²) in [6.07, 6.45) is 3.21. The Balaban J connectivity index is 1.95. The van der Waals surface area contributed by atoms with Gasteiger partial charge < -0.3 is 20.1 Å². The molecule has 0 unspecified atom stereocenters.